The molecule has 0 atom stereocenters. The van der Waals surface area contributed by atoms with Crippen molar-refractivity contribution < 1.29 is 0 Å². The summed E-state index contributed by atoms with van der Waals surface area (Å²) < 4.78 is 0. The molecule has 4 heteroatoms. The van der Waals surface area contributed by atoms with Gasteiger partial charge in [0, 0.05) is 13.1 Å². The average molecular weight is 264 g/mol. The molecule has 1 rings (SSSR count). The molecule has 0 aliphatic heterocycles. The van der Waals surface area contributed by atoms with Crippen molar-refractivity contribution in [1.29, 1.82) is 0 Å². The van der Waals surface area contributed by atoms with Crippen LogP contribution in [0, 0.1) is 0 Å². The molecule has 0 saturated carbocycles. The lowest BCUT2D eigenvalue weighted by Crippen LogP contribution is -2.24. The minimum atomic E-state index is 0.856. The second-order valence-electron chi connectivity index (χ2n) is 5.30. The van der Waals surface area contributed by atoms with Gasteiger partial charge in [-0.15, -0.1) is 0 Å². The molecular formula is C15H28N4. The van der Waals surface area contributed by atoms with Gasteiger partial charge in [-0.05, 0) is 59.3 Å². The van der Waals surface area contributed by atoms with Crippen molar-refractivity contribution in [3.05, 3.63) is 29.6 Å². The fourth-order valence-electron chi connectivity index (χ4n) is 1.98. The molecule has 1 N–H and O–H groups in total. The summed E-state index contributed by atoms with van der Waals surface area (Å²) in [6.07, 6.45) is 1.20. The smallest absolute Gasteiger partial charge is 0.0547 e. The van der Waals surface area contributed by atoms with Crippen LogP contribution in [0.25, 0.3) is 0 Å². The van der Waals surface area contributed by atoms with Gasteiger partial charge >= 0.3 is 0 Å². The Morgan fingerprint density at radius 2 is 1.84 bits per heavy atom. The molecule has 0 bridgehead atoms. The maximum absolute atomic E-state index is 4.68. The Balaban J connectivity index is 2.38. The third-order valence-electron chi connectivity index (χ3n) is 3.00. The van der Waals surface area contributed by atoms with Crippen LogP contribution < -0.4 is 5.32 Å². The number of hydrogen-bond acceptors (Lipinski definition) is 4. The molecule has 1 aromatic heterocycles. The van der Waals surface area contributed by atoms with Crippen LogP contribution in [0.15, 0.2) is 18.2 Å². The third kappa shape index (κ3) is 7.25. The van der Waals surface area contributed by atoms with Crippen molar-refractivity contribution in [2.45, 2.75) is 26.4 Å². The van der Waals surface area contributed by atoms with Gasteiger partial charge in [-0.2, -0.15) is 0 Å². The molecule has 0 spiro atoms. The Hall–Kier alpha value is -0.970. The van der Waals surface area contributed by atoms with Crippen molar-refractivity contribution in [3.63, 3.8) is 0 Å². The van der Waals surface area contributed by atoms with E-state index in [2.05, 4.69) is 66.4 Å². The zero-order valence-corrected chi connectivity index (χ0v) is 12.8. The molecular weight excluding hydrogens is 236 g/mol. The number of nitrogens with zero attached hydrogens (tertiary/aromatic N) is 3. The standard InChI is InChI=1S/C15H28N4/c1-5-16-12-14-8-6-9-15(17-14)13-19(4)11-7-10-18(2)3/h6,8-9,16H,5,7,10-13H2,1-4H3. The largest absolute Gasteiger partial charge is 0.311 e. The molecule has 108 valence electrons. The number of hydrogen-bond donors (Lipinski definition) is 1. The summed E-state index contributed by atoms with van der Waals surface area (Å²) in [5.41, 5.74) is 2.28. The predicted octanol–water partition coefficient (Wildman–Crippen LogP) is 1.57. The molecule has 0 aliphatic rings. The van der Waals surface area contributed by atoms with Crippen molar-refractivity contribution in [2.24, 2.45) is 0 Å². The molecule has 1 aromatic rings. The monoisotopic (exact) mass is 264 g/mol. The van der Waals surface area contributed by atoms with E-state index in [4.69, 9.17) is 0 Å². The van der Waals surface area contributed by atoms with E-state index in [-0.39, 0.29) is 0 Å². The second-order valence-corrected chi connectivity index (χ2v) is 5.30. The highest BCUT2D eigenvalue weighted by Crippen LogP contribution is 2.03. The second kappa shape index (κ2) is 9.02. The van der Waals surface area contributed by atoms with Gasteiger partial charge < -0.3 is 15.1 Å². The van der Waals surface area contributed by atoms with Gasteiger partial charge in [-0.3, -0.25) is 4.98 Å². The molecule has 0 saturated heterocycles. The van der Waals surface area contributed by atoms with Gasteiger partial charge in [0.25, 0.3) is 0 Å². The topological polar surface area (TPSA) is 31.4 Å². The Morgan fingerprint density at radius 3 is 2.53 bits per heavy atom. The van der Waals surface area contributed by atoms with Crippen LogP contribution in [-0.2, 0) is 13.1 Å². The molecule has 0 radical (unpaired) electrons. The van der Waals surface area contributed by atoms with Crippen LogP contribution in [0.1, 0.15) is 24.7 Å². The normalized spacial score (nSPS) is 11.5. The first-order valence-corrected chi connectivity index (χ1v) is 7.10. The first-order valence-electron chi connectivity index (χ1n) is 7.10. The highest BCUT2D eigenvalue weighted by Gasteiger charge is 2.03. The summed E-state index contributed by atoms with van der Waals surface area (Å²) in [5, 5.41) is 3.31. The number of pyridine rings is 1. The lowest BCUT2D eigenvalue weighted by Gasteiger charge is -2.18. The quantitative estimate of drug-likeness (QED) is 0.734. The summed E-state index contributed by atoms with van der Waals surface area (Å²) in [4.78, 5) is 9.24. The minimum absolute atomic E-state index is 0.856. The zero-order chi connectivity index (χ0) is 14.1. The highest BCUT2D eigenvalue weighted by molar-refractivity contribution is 5.11. The van der Waals surface area contributed by atoms with Crippen LogP contribution in [0.4, 0.5) is 0 Å². The molecule has 0 aromatic carbocycles. The first kappa shape index (κ1) is 16.1. The van der Waals surface area contributed by atoms with Gasteiger partial charge in [0.1, 0.15) is 0 Å². The number of rotatable bonds is 9. The summed E-state index contributed by atoms with van der Waals surface area (Å²) in [5.74, 6) is 0. The Kier molecular flexibility index (Phi) is 7.63. The first-order chi connectivity index (χ1) is 9.11. The highest BCUT2D eigenvalue weighted by atomic mass is 15.1. The van der Waals surface area contributed by atoms with Crippen molar-refractivity contribution in [2.75, 3.05) is 40.8 Å². The van der Waals surface area contributed by atoms with E-state index in [1.165, 1.54) is 6.42 Å². The van der Waals surface area contributed by atoms with Gasteiger partial charge in [-0.1, -0.05) is 13.0 Å². The van der Waals surface area contributed by atoms with Gasteiger partial charge in [0.2, 0.25) is 0 Å². The fraction of sp³-hybridized carbons (Fsp3) is 0.667. The van der Waals surface area contributed by atoms with Gasteiger partial charge in [0.15, 0.2) is 0 Å². The van der Waals surface area contributed by atoms with Crippen LogP contribution in [0.3, 0.4) is 0 Å². The summed E-state index contributed by atoms with van der Waals surface area (Å²) >= 11 is 0. The van der Waals surface area contributed by atoms with Crippen LogP contribution in [0.5, 0.6) is 0 Å². The van der Waals surface area contributed by atoms with Crippen molar-refractivity contribution in [1.82, 2.24) is 20.1 Å². The van der Waals surface area contributed by atoms with Crippen molar-refractivity contribution in [3.8, 4) is 0 Å². The Labute approximate surface area is 117 Å². The Morgan fingerprint density at radius 1 is 1.11 bits per heavy atom. The lowest BCUT2D eigenvalue weighted by atomic mass is 10.2. The maximum Gasteiger partial charge on any atom is 0.0547 e. The summed E-state index contributed by atoms with van der Waals surface area (Å²) in [7, 11) is 6.39. The predicted molar refractivity (Wildman–Crippen MR) is 81.1 cm³/mol. The molecule has 0 unspecified atom stereocenters. The van der Waals surface area contributed by atoms with E-state index in [0.717, 1.165) is 44.1 Å². The SMILES string of the molecule is CCNCc1cccc(CN(C)CCCN(C)C)n1. The fourth-order valence-corrected chi connectivity index (χ4v) is 1.98. The summed E-state index contributed by atoms with van der Waals surface area (Å²) in [6, 6.07) is 6.29. The molecule has 19 heavy (non-hydrogen) atoms. The van der Waals surface area contributed by atoms with Gasteiger partial charge in [0.05, 0.1) is 11.4 Å². The van der Waals surface area contributed by atoms with Crippen LogP contribution >= 0.6 is 0 Å². The lowest BCUT2D eigenvalue weighted by molar-refractivity contribution is 0.292. The number of nitrogens with one attached hydrogen (secondary N) is 1. The number of aromatic nitrogens is 1. The van der Waals surface area contributed by atoms with Crippen molar-refractivity contribution >= 4 is 0 Å². The van der Waals surface area contributed by atoms with E-state index in [9.17, 15) is 0 Å². The van der Waals surface area contributed by atoms with Crippen LogP contribution in [0.2, 0.25) is 0 Å². The molecule has 0 amide bonds. The zero-order valence-electron chi connectivity index (χ0n) is 12.8. The van der Waals surface area contributed by atoms with E-state index in [0.29, 0.717) is 0 Å². The maximum atomic E-state index is 4.68. The van der Waals surface area contributed by atoms with E-state index in [1.54, 1.807) is 0 Å². The van der Waals surface area contributed by atoms with E-state index >= 15 is 0 Å². The van der Waals surface area contributed by atoms with Gasteiger partial charge in [-0.25, -0.2) is 0 Å². The molecule has 4 nitrogen and oxygen atoms in total. The van der Waals surface area contributed by atoms with E-state index in [1.807, 2.05) is 0 Å². The third-order valence-corrected chi connectivity index (χ3v) is 3.00. The summed E-state index contributed by atoms with van der Waals surface area (Å²) in [6.45, 7) is 7.12. The minimum Gasteiger partial charge on any atom is -0.311 e. The molecule has 0 aliphatic carbocycles. The van der Waals surface area contributed by atoms with Crippen LogP contribution in [-0.4, -0.2) is 55.6 Å². The van der Waals surface area contributed by atoms with E-state index < -0.39 is 0 Å². The average Bonchev–Trinajstić information content (AvgIpc) is 2.36. The molecule has 0 fully saturated rings. The Bertz CT molecular complexity index is 352. The molecule has 1 heterocycles.